The highest BCUT2D eigenvalue weighted by atomic mass is 127. The predicted molar refractivity (Wildman–Crippen MR) is 128 cm³/mol. The molecule has 1 fully saturated rings. The molecule has 1 N–H and O–H groups in total. The lowest BCUT2D eigenvalue weighted by Gasteiger charge is -2.36. The lowest BCUT2D eigenvalue weighted by Crippen LogP contribution is -2.47. The number of halogens is 2. The van der Waals surface area contributed by atoms with E-state index >= 15 is 0 Å². The van der Waals surface area contributed by atoms with Crippen LogP contribution in [0.2, 0.25) is 0 Å². The summed E-state index contributed by atoms with van der Waals surface area (Å²) in [5.74, 6) is 0.842. The molecule has 0 atom stereocenters. The predicted octanol–water partition coefficient (Wildman–Crippen LogP) is 3.88. The van der Waals surface area contributed by atoms with Crippen molar-refractivity contribution < 1.29 is 13.9 Å². The molecule has 1 aromatic rings. The number of carbonyl (C=O) groups excluding carboxylic acids is 1. The Bertz CT molecular complexity index is 703. The largest absolute Gasteiger partial charge is 0.444 e. The molecular weight excluding hydrogens is 500 g/mol. The first-order valence-corrected chi connectivity index (χ1v) is 10.3. The smallest absolute Gasteiger partial charge is 0.410 e. The Hall–Kier alpha value is -1.65. The summed E-state index contributed by atoms with van der Waals surface area (Å²) in [6.07, 6.45) is 3.24. The molecule has 1 amide bonds. The maximum Gasteiger partial charge on any atom is 0.410 e. The second-order valence-corrected chi connectivity index (χ2v) is 8.28. The zero-order valence-corrected chi connectivity index (χ0v) is 21.0. The molecule has 170 valence electrons. The molecule has 0 saturated carbocycles. The summed E-state index contributed by atoms with van der Waals surface area (Å²) in [5, 5.41) is 3.20. The van der Waals surface area contributed by atoms with Gasteiger partial charge < -0.3 is 19.9 Å². The van der Waals surface area contributed by atoms with Crippen LogP contribution in [0.3, 0.4) is 0 Å². The summed E-state index contributed by atoms with van der Waals surface area (Å²) in [7, 11) is 1.73. The number of hydrogen-bond donors (Lipinski definition) is 1. The fourth-order valence-corrected chi connectivity index (χ4v) is 3.34. The number of nitrogens with one attached hydrogen (secondary N) is 1. The van der Waals surface area contributed by atoms with Crippen LogP contribution in [-0.4, -0.2) is 65.7 Å². The molecule has 2 heterocycles. The number of likely N-dealkylation sites (tertiary alicyclic amines) is 1. The first-order valence-electron chi connectivity index (χ1n) is 10.3. The highest BCUT2D eigenvalue weighted by Crippen LogP contribution is 2.20. The fraction of sp³-hybridized carbons (Fsp3) is 0.667. The Morgan fingerprint density at radius 2 is 2.07 bits per heavy atom. The van der Waals surface area contributed by atoms with Gasteiger partial charge in [0.05, 0.1) is 12.2 Å². The number of guanidine groups is 1. The van der Waals surface area contributed by atoms with E-state index in [9.17, 15) is 9.18 Å². The van der Waals surface area contributed by atoms with E-state index in [-0.39, 0.29) is 35.9 Å². The fourth-order valence-electron chi connectivity index (χ4n) is 3.34. The monoisotopic (exact) mass is 535 g/mol. The van der Waals surface area contributed by atoms with E-state index in [0.29, 0.717) is 31.2 Å². The summed E-state index contributed by atoms with van der Waals surface area (Å²) in [6, 6.07) is 2.98. The quantitative estimate of drug-likeness (QED) is 0.352. The van der Waals surface area contributed by atoms with Gasteiger partial charge in [-0.15, -0.1) is 24.0 Å². The van der Waals surface area contributed by atoms with Gasteiger partial charge in [0.25, 0.3) is 0 Å². The van der Waals surface area contributed by atoms with E-state index in [2.05, 4.69) is 20.2 Å². The highest BCUT2D eigenvalue weighted by Gasteiger charge is 2.27. The third kappa shape index (κ3) is 8.23. The molecule has 0 spiro atoms. The van der Waals surface area contributed by atoms with E-state index in [1.54, 1.807) is 24.2 Å². The zero-order valence-electron chi connectivity index (χ0n) is 18.7. The van der Waals surface area contributed by atoms with Crippen molar-refractivity contribution in [1.82, 2.24) is 20.1 Å². The number of pyridine rings is 1. The number of aromatic nitrogens is 1. The molecule has 0 aliphatic carbocycles. The van der Waals surface area contributed by atoms with Gasteiger partial charge >= 0.3 is 6.09 Å². The third-order valence-electron chi connectivity index (χ3n) is 4.89. The first kappa shape index (κ1) is 26.4. The van der Waals surface area contributed by atoms with Crippen LogP contribution in [0.1, 0.15) is 46.2 Å². The summed E-state index contributed by atoms with van der Waals surface area (Å²) >= 11 is 0. The van der Waals surface area contributed by atoms with Gasteiger partial charge in [0.15, 0.2) is 5.96 Å². The van der Waals surface area contributed by atoms with Crippen molar-refractivity contribution >= 4 is 36.0 Å². The average Bonchev–Trinajstić information content (AvgIpc) is 2.67. The molecular formula is C21H35FIN5O2. The SMILES string of the molecule is CCN(CC1CCN(C(=NC)NCc2ncccc2F)CC1)C(=O)OC(C)(C)C.I. The van der Waals surface area contributed by atoms with Crippen molar-refractivity contribution in [3.8, 4) is 0 Å². The molecule has 1 aliphatic heterocycles. The lowest BCUT2D eigenvalue weighted by molar-refractivity contribution is 0.0214. The maximum absolute atomic E-state index is 13.8. The Morgan fingerprint density at radius 1 is 1.40 bits per heavy atom. The number of rotatable bonds is 5. The molecule has 1 aliphatic rings. The number of carbonyl (C=O) groups is 1. The van der Waals surface area contributed by atoms with Gasteiger partial charge in [-0.1, -0.05) is 0 Å². The number of piperidine rings is 1. The Morgan fingerprint density at radius 3 is 2.60 bits per heavy atom. The van der Waals surface area contributed by atoms with Gasteiger partial charge in [-0.05, 0) is 58.6 Å². The van der Waals surface area contributed by atoms with Gasteiger partial charge in [-0.3, -0.25) is 9.98 Å². The van der Waals surface area contributed by atoms with E-state index in [1.165, 1.54) is 6.07 Å². The highest BCUT2D eigenvalue weighted by molar-refractivity contribution is 14.0. The molecule has 0 bridgehead atoms. The summed E-state index contributed by atoms with van der Waals surface area (Å²) in [4.78, 5) is 24.7. The summed E-state index contributed by atoms with van der Waals surface area (Å²) in [5.41, 5.74) is -0.112. The molecule has 0 aromatic carbocycles. The minimum atomic E-state index is -0.487. The van der Waals surface area contributed by atoms with Gasteiger partial charge in [0.1, 0.15) is 11.4 Å². The molecule has 0 unspecified atom stereocenters. The standard InChI is InChI=1S/C21H34FN5O2.HI/c1-6-26(20(28)29-21(2,3)4)15-16-9-12-27(13-10-16)19(23-5)25-14-18-17(22)8-7-11-24-18;/h7-8,11,16H,6,9-10,12-15H2,1-5H3,(H,23,25);1H. The molecule has 0 radical (unpaired) electrons. The third-order valence-corrected chi connectivity index (χ3v) is 4.89. The summed E-state index contributed by atoms with van der Waals surface area (Å²) in [6.45, 7) is 10.9. The second kappa shape index (κ2) is 12.3. The van der Waals surface area contributed by atoms with Crippen molar-refractivity contribution in [2.24, 2.45) is 10.9 Å². The average molecular weight is 535 g/mol. The molecule has 30 heavy (non-hydrogen) atoms. The topological polar surface area (TPSA) is 70.1 Å². The zero-order chi connectivity index (χ0) is 21.4. The molecule has 2 rings (SSSR count). The van der Waals surface area contributed by atoms with Gasteiger partial charge in [0, 0.05) is 39.4 Å². The Kier molecular flexibility index (Phi) is 10.8. The maximum atomic E-state index is 13.8. The summed E-state index contributed by atoms with van der Waals surface area (Å²) < 4.78 is 19.3. The van der Waals surface area contributed by atoms with Crippen molar-refractivity contribution in [2.75, 3.05) is 33.2 Å². The van der Waals surface area contributed by atoms with Crippen LogP contribution in [0.4, 0.5) is 9.18 Å². The molecule has 1 aromatic heterocycles. The van der Waals surface area contributed by atoms with Gasteiger partial charge in [-0.2, -0.15) is 0 Å². The number of amides is 1. The lowest BCUT2D eigenvalue weighted by atomic mass is 9.96. The van der Waals surface area contributed by atoms with Crippen LogP contribution >= 0.6 is 24.0 Å². The van der Waals surface area contributed by atoms with Gasteiger partial charge in [-0.25, -0.2) is 9.18 Å². The molecule has 9 heteroatoms. The van der Waals surface area contributed by atoms with Crippen LogP contribution in [0.5, 0.6) is 0 Å². The minimum absolute atomic E-state index is 0. The van der Waals surface area contributed by atoms with Crippen LogP contribution in [0.25, 0.3) is 0 Å². The number of nitrogens with zero attached hydrogens (tertiary/aromatic N) is 4. The van der Waals surface area contributed by atoms with E-state index in [0.717, 1.165) is 31.9 Å². The van der Waals surface area contributed by atoms with Crippen LogP contribution in [0.15, 0.2) is 23.3 Å². The van der Waals surface area contributed by atoms with Crippen LogP contribution in [-0.2, 0) is 11.3 Å². The van der Waals surface area contributed by atoms with Crippen molar-refractivity contribution in [2.45, 2.75) is 52.7 Å². The van der Waals surface area contributed by atoms with E-state index in [1.807, 2.05) is 27.7 Å². The first-order chi connectivity index (χ1) is 13.7. The van der Waals surface area contributed by atoms with Crippen LogP contribution < -0.4 is 5.32 Å². The van der Waals surface area contributed by atoms with E-state index < -0.39 is 5.60 Å². The number of aliphatic imine (C=N–C) groups is 1. The van der Waals surface area contributed by atoms with E-state index in [4.69, 9.17) is 4.74 Å². The minimum Gasteiger partial charge on any atom is -0.444 e. The number of ether oxygens (including phenoxy) is 1. The Labute approximate surface area is 196 Å². The molecule has 1 saturated heterocycles. The van der Waals surface area contributed by atoms with Crippen LogP contribution in [0, 0.1) is 11.7 Å². The van der Waals surface area contributed by atoms with Crippen molar-refractivity contribution in [3.05, 3.63) is 29.8 Å². The second-order valence-electron chi connectivity index (χ2n) is 8.28. The van der Waals surface area contributed by atoms with Gasteiger partial charge in [0.2, 0.25) is 0 Å². The number of hydrogen-bond acceptors (Lipinski definition) is 4. The molecule has 7 nitrogen and oxygen atoms in total. The Balaban J connectivity index is 0.00000450. The van der Waals surface area contributed by atoms with Crippen molar-refractivity contribution in [3.63, 3.8) is 0 Å². The van der Waals surface area contributed by atoms with Crippen molar-refractivity contribution in [1.29, 1.82) is 0 Å². The normalized spacial score (nSPS) is 15.4.